The Morgan fingerprint density at radius 1 is 1.37 bits per heavy atom. The van der Waals surface area contributed by atoms with Crippen molar-refractivity contribution in [1.29, 1.82) is 0 Å². The van der Waals surface area contributed by atoms with Crippen molar-refractivity contribution in [3.05, 3.63) is 34.4 Å². The number of carboxylic acid groups (broad SMARTS) is 1. The number of nitrogens with zero attached hydrogens (tertiary/aromatic N) is 1. The van der Waals surface area contributed by atoms with Crippen LogP contribution in [-0.2, 0) is 17.3 Å². The molecule has 3 rings (SSSR count). The first kappa shape index (κ1) is 12.7. The molecule has 0 atom stereocenters. The normalized spacial score (nSPS) is 18.0. The molecule has 0 bridgehead atoms. The van der Waals surface area contributed by atoms with Crippen LogP contribution in [0.2, 0.25) is 0 Å². The van der Waals surface area contributed by atoms with Crippen LogP contribution in [0.4, 0.5) is 0 Å². The van der Waals surface area contributed by atoms with Gasteiger partial charge in [0.25, 0.3) is 0 Å². The van der Waals surface area contributed by atoms with E-state index in [2.05, 4.69) is 15.9 Å². The van der Waals surface area contributed by atoms with Gasteiger partial charge in [0.1, 0.15) is 0 Å². The Hall–Kier alpha value is -1.29. The number of carboxylic acids is 1. The van der Waals surface area contributed by atoms with Gasteiger partial charge in [0.2, 0.25) is 0 Å². The molecule has 1 N–H and O–H groups in total. The third-order valence-corrected chi connectivity index (χ3v) is 4.99. The van der Waals surface area contributed by atoms with Gasteiger partial charge in [-0.1, -0.05) is 25.0 Å². The van der Waals surface area contributed by atoms with Gasteiger partial charge in [-0.25, -0.2) is 0 Å². The first-order chi connectivity index (χ1) is 9.04. The minimum Gasteiger partial charge on any atom is -0.481 e. The van der Waals surface area contributed by atoms with Gasteiger partial charge in [-0.05, 0) is 40.4 Å². The predicted octanol–water partition coefficient (Wildman–Crippen LogP) is 3.84. The number of aromatic nitrogens is 1. The number of rotatable bonds is 2. The Labute approximate surface area is 120 Å². The molecule has 0 spiro atoms. The molecule has 1 aliphatic carbocycles. The molecule has 1 heterocycles. The van der Waals surface area contributed by atoms with Crippen LogP contribution in [0.15, 0.2) is 28.9 Å². The molecular formula is C15H16BrNO2. The number of aryl methyl sites for hydroxylation is 1. The van der Waals surface area contributed by atoms with Crippen molar-refractivity contribution in [1.82, 2.24) is 4.57 Å². The van der Waals surface area contributed by atoms with Gasteiger partial charge in [0.05, 0.1) is 5.41 Å². The lowest BCUT2D eigenvalue weighted by Gasteiger charge is -2.24. The van der Waals surface area contributed by atoms with Gasteiger partial charge in [0.15, 0.2) is 0 Å². The highest BCUT2D eigenvalue weighted by molar-refractivity contribution is 9.10. The van der Waals surface area contributed by atoms with E-state index in [1.54, 1.807) is 0 Å². The van der Waals surface area contributed by atoms with Crippen molar-refractivity contribution in [3.63, 3.8) is 0 Å². The molecule has 0 amide bonds. The maximum Gasteiger partial charge on any atom is 0.314 e. The average Bonchev–Trinajstić information content (AvgIpc) is 2.97. The number of hydrogen-bond donors (Lipinski definition) is 1. The van der Waals surface area contributed by atoms with Crippen LogP contribution in [-0.4, -0.2) is 15.6 Å². The number of halogens is 1. The van der Waals surface area contributed by atoms with Crippen LogP contribution in [0, 0.1) is 0 Å². The summed E-state index contributed by atoms with van der Waals surface area (Å²) in [6.07, 6.45) is 5.51. The van der Waals surface area contributed by atoms with Crippen molar-refractivity contribution in [2.75, 3.05) is 0 Å². The monoisotopic (exact) mass is 321 g/mol. The molecule has 0 unspecified atom stereocenters. The van der Waals surface area contributed by atoms with E-state index in [9.17, 15) is 9.90 Å². The summed E-state index contributed by atoms with van der Waals surface area (Å²) in [6.45, 7) is 0. The third-order valence-electron chi connectivity index (χ3n) is 4.36. The molecule has 1 aromatic heterocycles. The molecule has 0 aliphatic heterocycles. The second kappa shape index (κ2) is 4.37. The largest absolute Gasteiger partial charge is 0.481 e. The molecule has 1 saturated carbocycles. The van der Waals surface area contributed by atoms with Crippen LogP contribution < -0.4 is 0 Å². The number of benzene rings is 1. The van der Waals surface area contributed by atoms with Gasteiger partial charge in [0, 0.05) is 28.6 Å². The highest BCUT2D eigenvalue weighted by Gasteiger charge is 2.43. The average molecular weight is 322 g/mol. The van der Waals surface area contributed by atoms with Crippen LogP contribution in [0.25, 0.3) is 10.9 Å². The molecule has 1 fully saturated rings. The summed E-state index contributed by atoms with van der Waals surface area (Å²) >= 11 is 3.53. The van der Waals surface area contributed by atoms with Crippen LogP contribution in [0.3, 0.4) is 0 Å². The fraction of sp³-hybridized carbons (Fsp3) is 0.400. The summed E-state index contributed by atoms with van der Waals surface area (Å²) in [5, 5.41) is 10.8. The number of hydrogen-bond acceptors (Lipinski definition) is 1. The van der Waals surface area contributed by atoms with E-state index in [1.165, 1.54) is 0 Å². The van der Waals surface area contributed by atoms with E-state index < -0.39 is 11.4 Å². The maximum atomic E-state index is 11.7. The number of carbonyl (C=O) groups is 1. The van der Waals surface area contributed by atoms with E-state index >= 15 is 0 Å². The van der Waals surface area contributed by atoms with Crippen molar-refractivity contribution in [3.8, 4) is 0 Å². The van der Waals surface area contributed by atoms with Crippen LogP contribution in [0.5, 0.6) is 0 Å². The highest BCUT2D eigenvalue weighted by Crippen LogP contribution is 2.42. The second-order valence-corrected chi connectivity index (χ2v) is 6.27. The van der Waals surface area contributed by atoms with E-state index in [0.29, 0.717) is 0 Å². The fourth-order valence-corrected chi connectivity index (χ4v) is 3.88. The minimum atomic E-state index is -0.683. The van der Waals surface area contributed by atoms with Gasteiger partial charge in [-0.2, -0.15) is 0 Å². The fourth-order valence-electron chi connectivity index (χ4n) is 3.24. The zero-order valence-electron chi connectivity index (χ0n) is 10.8. The topological polar surface area (TPSA) is 42.2 Å². The molecule has 2 aromatic rings. The first-order valence-electron chi connectivity index (χ1n) is 6.53. The standard InChI is InChI=1S/C15H16BrNO2/c1-17-9-12(16)11-5-4-10(8-13(11)17)15(14(18)19)6-2-3-7-15/h4-5,8-9H,2-3,6-7H2,1H3,(H,18,19). The van der Waals surface area contributed by atoms with Crippen molar-refractivity contribution in [2.45, 2.75) is 31.1 Å². The minimum absolute atomic E-state index is 0.676. The Bertz CT molecular complexity index is 653. The van der Waals surface area contributed by atoms with Gasteiger partial charge in [-0.15, -0.1) is 0 Å². The molecule has 0 saturated heterocycles. The summed E-state index contributed by atoms with van der Waals surface area (Å²) in [5.41, 5.74) is 1.35. The summed E-state index contributed by atoms with van der Waals surface area (Å²) in [4.78, 5) is 11.7. The maximum absolute atomic E-state index is 11.7. The van der Waals surface area contributed by atoms with Gasteiger partial charge in [-0.3, -0.25) is 4.79 Å². The first-order valence-corrected chi connectivity index (χ1v) is 7.32. The molecule has 0 radical (unpaired) electrons. The smallest absolute Gasteiger partial charge is 0.314 e. The SMILES string of the molecule is Cn1cc(Br)c2ccc(C3(C(=O)O)CCCC3)cc21. The zero-order chi connectivity index (χ0) is 13.6. The summed E-state index contributed by atoms with van der Waals surface area (Å²) in [6, 6.07) is 6.05. The van der Waals surface area contributed by atoms with Gasteiger partial charge >= 0.3 is 5.97 Å². The zero-order valence-corrected chi connectivity index (χ0v) is 12.4. The summed E-state index contributed by atoms with van der Waals surface area (Å²) in [5.74, 6) is -0.683. The van der Waals surface area contributed by atoms with E-state index in [4.69, 9.17) is 0 Å². The Morgan fingerprint density at radius 3 is 2.68 bits per heavy atom. The van der Waals surface area contributed by atoms with Gasteiger partial charge < -0.3 is 9.67 Å². The predicted molar refractivity (Wildman–Crippen MR) is 78.4 cm³/mol. The lowest BCUT2D eigenvalue weighted by molar-refractivity contribution is -0.143. The van der Waals surface area contributed by atoms with E-state index in [-0.39, 0.29) is 0 Å². The number of aliphatic carboxylic acids is 1. The van der Waals surface area contributed by atoms with E-state index in [1.807, 2.05) is 36.0 Å². The Morgan fingerprint density at radius 2 is 2.05 bits per heavy atom. The van der Waals surface area contributed by atoms with Crippen molar-refractivity contribution >= 4 is 32.8 Å². The summed E-state index contributed by atoms with van der Waals surface area (Å²) < 4.78 is 3.08. The molecule has 1 aliphatic rings. The summed E-state index contributed by atoms with van der Waals surface area (Å²) in [7, 11) is 1.99. The molecular weight excluding hydrogens is 306 g/mol. The lowest BCUT2D eigenvalue weighted by atomic mass is 9.79. The molecule has 4 heteroatoms. The van der Waals surface area contributed by atoms with Crippen molar-refractivity contribution in [2.24, 2.45) is 7.05 Å². The quantitative estimate of drug-likeness (QED) is 0.913. The number of fused-ring (bicyclic) bond motifs is 1. The molecule has 3 nitrogen and oxygen atoms in total. The Kier molecular flexibility index (Phi) is 2.93. The highest BCUT2D eigenvalue weighted by atomic mass is 79.9. The Balaban J connectivity index is 2.20. The molecule has 100 valence electrons. The lowest BCUT2D eigenvalue weighted by Crippen LogP contribution is -2.32. The van der Waals surface area contributed by atoms with Crippen molar-refractivity contribution < 1.29 is 9.90 Å². The van der Waals surface area contributed by atoms with Crippen LogP contribution >= 0.6 is 15.9 Å². The second-order valence-electron chi connectivity index (χ2n) is 5.41. The van der Waals surface area contributed by atoms with E-state index in [0.717, 1.165) is 46.6 Å². The van der Waals surface area contributed by atoms with Crippen LogP contribution in [0.1, 0.15) is 31.2 Å². The molecule has 19 heavy (non-hydrogen) atoms. The molecule has 1 aromatic carbocycles. The third kappa shape index (κ3) is 1.81.